The SMILES string of the molecule is Cc1[nH]c(C(OC2CCC(C(F)(F)F)CC2)c2cc(F)cc(F)c2)nc1[S@@](C)(=N)=O. The summed E-state index contributed by atoms with van der Waals surface area (Å²) in [6.07, 6.45) is -4.70. The predicted molar refractivity (Wildman–Crippen MR) is 99.5 cm³/mol. The maximum atomic E-state index is 13.8. The molecule has 1 fully saturated rings. The van der Waals surface area contributed by atoms with Crippen LogP contribution >= 0.6 is 0 Å². The maximum Gasteiger partial charge on any atom is 0.391 e. The summed E-state index contributed by atoms with van der Waals surface area (Å²) in [5, 5.41) is -0.0104. The fraction of sp³-hybridized carbons (Fsp3) is 0.526. The van der Waals surface area contributed by atoms with Gasteiger partial charge in [0.1, 0.15) is 23.6 Å². The van der Waals surface area contributed by atoms with Gasteiger partial charge in [-0.25, -0.2) is 22.8 Å². The van der Waals surface area contributed by atoms with Gasteiger partial charge in [-0.3, -0.25) is 0 Å². The van der Waals surface area contributed by atoms with E-state index in [0.29, 0.717) is 11.8 Å². The number of nitrogens with zero attached hydrogens (tertiary/aromatic N) is 1. The number of aromatic nitrogens is 2. The third-order valence-electron chi connectivity index (χ3n) is 5.13. The Bertz CT molecular complexity index is 991. The Morgan fingerprint density at radius 3 is 2.20 bits per heavy atom. The Morgan fingerprint density at radius 2 is 1.73 bits per heavy atom. The number of halogens is 5. The molecule has 1 aliphatic rings. The van der Waals surface area contributed by atoms with Crippen LogP contribution in [0.25, 0.3) is 0 Å². The van der Waals surface area contributed by atoms with Gasteiger partial charge < -0.3 is 9.72 Å². The Kier molecular flexibility index (Phi) is 6.24. The largest absolute Gasteiger partial charge is 0.391 e. The number of alkyl halides is 3. The summed E-state index contributed by atoms with van der Waals surface area (Å²) in [6, 6.07) is 2.80. The Labute approximate surface area is 171 Å². The number of hydrogen-bond acceptors (Lipinski definition) is 4. The minimum absolute atomic E-state index is 0.0104. The highest BCUT2D eigenvalue weighted by atomic mass is 32.2. The molecule has 1 aromatic carbocycles. The minimum atomic E-state index is -4.27. The van der Waals surface area contributed by atoms with Crippen LogP contribution in [-0.2, 0) is 14.5 Å². The lowest BCUT2D eigenvalue weighted by Crippen LogP contribution is -2.31. The van der Waals surface area contributed by atoms with Gasteiger partial charge in [-0.2, -0.15) is 13.2 Å². The molecule has 2 N–H and O–H groups in total. The molecule has 5 nitrogen and oxygen atoms in total. The lowest BCUT2D eigenvalue weighted by Gasteiger charge is -2.32. The summed E-state index contributed by atoms with van der Waals surface area (Å²) in [6.45, 7) is 1.56. The van der Waals surface area contributed by atoms with E-state index in [2.05, 4.69) is 9.97 Å². The molecule has 2 aromatic rings. The van der Waals surface area contributed by atoms with Crippen LogP contribution in [-0.4, -0.2) is 32.7 Å². The highest BCUT2D eigenvalue weighted by molar-refractivity contribution is 7.91. The van der Waals surface area contributed by atoms with E-state index in [4.69, 9.17) is 9.52 Å². The van der Waals surface area contributed by atoms with Gasteiger partial charge in [-0.15, -0.1) is 0 Å². The molecule has 1 saturated carbocycles. The number of ether oxygens (including phenoxy) is 1. The molecule has 0 saturated heterocycles. The van der Waals surface area contributed by atoms with E-state index in [0.717, 1.165) is 12.1 Å². The first-order valence-electron chi connectivity index (χ1n) is 9.33. The standard InChI is InChI=1S/C19H22F5N3O2S/c1-10-18(30(2,25)28)27-17(26-10)16(11-7-13(20)9-14(21)8-11)29-15-5-3-12(4-6-15)19(22,23)24/h7-9,12,15-16,25H,3-6H2,1-2H3,(H,26,27)/t12?,15?,16?,30-/m0/s1. The van der Waals surface area contributed by atoms with Crippen LogP contribution in [0, 0.1) is 29.3 Å². The summed E-state index contributed by atoms with van der Waals surface area (Å²) >= 11 is 0. The van der Waals surface area contributed by atoms with Gasteiger partial charge in [0.05, 0.1) is 21.8 Å². The van der Waals surface area contributed by atoms with E-state index in [1.807, 2.05) is 0 Å². The molecule has 166 valence electrons. The molecule has 0 bridgehead atoms. The molecule has 0 spiro atoms. The van der Waals surface area contributed by atoms with Crippen molar-refractivity contribution in [1.82, 2.24) is 9.97 Å². The number of rotatable bonds is 5. The topological polar surface area (TPSA) is 78.8 Å². The lowest BCUT2D eigenvalue weighted by atomic mass is 9.87. The molecule has 0 amide bonds. The van der Waals surface area contributed by atoms with Gasteiger partial charge in [0, 0.05) is 18.0 Å². The number of hydrogen-bond donors (Lipinski definition) is 2. The lowest BCUT2D eigenvalue weighted by molar-refractivity contribution is -0.188. The molecule has 30 heavy (non-hydrogen) atoms. The first-order chi connectivity index (χ1) is 13.8. The van der Waals surface area contributed by atoms with Crippen molar-refractivity contribution in [2.24, 2.45) is 5.92 Å². The summed E-state index contributed by atoms with van der Waals surface area (Å²) in [7, 11) is -3.17. The number of aromatic amines is 1. The van der Waals surface area contributed by atoms with Crippen molar-refractivity contribution in [3.63, 3.8) is 0 Å². The van der Waals surface area contributed by atoms with E-state index in [1.54, 1.807) is 6.92 Å². The van der Waals surface area contributed by atoms with Crippen LogP contribution in [0.4, 0.5) is 22.0 Å². The molecule has 1 aromatic heterocycles. The summed E-state index contributed by atoms with van der Waals surface area (Å²) in [4.78, 5) is 7.02. The van der Waals surface area contributed by atoms with E-state index >= 15 is 0 Å². The fourth-order valence-electron chi connectivity index (χ4n) is 3.72. The summed E-state index contributed by atoms with van der Waals surface area (Å²) in [5.74, 6) is -2.99. The summed E-state index contributed by atoms with van der Waals surface area (Å²) < 4.78 is 92.2. The van der Waals surface area contributed by atoms with Crippen molar-refractivity contribution in [2.75, 3.05) is 6.26 Å². The zero-order chi connectivity index (χ0) is 22.3. The van der Waals surface area contributed by atoms with Crippen LogP contribution in [0.15, 0.2) is 23.2 Å². The van der Waals surface area contributed by atoms with Crippen LogP contribution < -0.4 is 0 Å². The highest BCUT2D eigenvalue weighted by Crippen LogP contribution is 2.40. The zero-order valence-electron chi connectivity index (χ0n) is 16.4. The molecule has 1 heterocycles. The van der Waals surface area contributed by atoms with Crippen molar-refractivity contribution < 1.29 is 30.9 Å². The van der Waals surface area contributed by atoms with Crippen LogP contribution in [0.2, 0.25) is 0 Å². The molecule has 1 unspecified atom stereocenters. The van der Waals surface area contributed by atoms with Gasteiger partial charge >= 0.3 is 6.18 Å². The van der Waals surface area contributed by atoms with Crippen LogP contribution in [0.5, 0.6) is 0 Å². The van der Waals surface area contributed by atoms with Crippen LogP contribution in [0.3, 0.4) is 0 Å². The zero-order valence-corrected chi connectivity index (χ0v) is 17.2. The molecular formula is C19H22F5N3O2S. The van der Waals surface area contributed by atoms with E-state index in [9.17, 15) is 26.2 Å². The highest BCUT2D eigenvalue weighted by Gasteiger charge is 2.42. The smallest absolute Gasteiger partial charge is 0.362 e. The summed E-state index contributed by atoms with van der Waals surface area (Å²) in [5.41, 5.74) is 0.428. The number of imidazole rings is 1. The van der Waals surface area contributed by atoms with Crippen molar-refractivity contribution in [1.29, 1.82) is 4.78 Å². The second-order valence-electron chi connectivity index (χ2n) is 7.63. The second kappa shape index (κ2) is 8.26. The molecule has 0 radical (unpaired) electrons. The Hall–Kier alpha value is -2.01. The number of H-pyrrole nitrogens is 1. The average Bonchev–Trinajstić information content (AvgIpc) is 3.00. The first-order valence-corrected chi connectivity index (χ1v) is 11.3. The molecule has 1 aliphatic carbocycles. The van der Waals surface area contributed by atoms with Crippen molar-refractivity contribution in [2.45, 2.75) is 56.0 Å². The molecule has 3 rings (SSSR count). The number of benzene rings is 1. The average molecular weight is 451 g/mol. The second-order valence-corrected chi connectivity index (χ2v) is 9.70. The monoisotopic (exact) mass is 451 g/mol. The molecule has 11 heteroatoms. The number of aryl methyl sites for hydroxylation is 1. The predicted octanol–water partition coefficient (Wildman–Crippen LogP) is 5.26. The van der Waals surface area contributed by atoms with Crippen molar-refractivity contribution >= 4 is 9.73 Å². The normalized spacial score (nSPS) is 23.2. The third-order valence-corrected chi connectivity index (χ3v) is 6.26. The molecule has 0 aliphatic heterocycles. The molecular weight excluding hydrogens is 429 g/mol. The Balaban J connectivity index is 1.92. The quantitative estimate of drug-likeness (QED) is 0.609. The van der Waals surface area contributed by atoms with Gasteiger partial charge in [0.2, 0.25) is 0 Å². The third kappa shape index (κ3) is 5.18. The van der Waals surface area contributed by atoms with E-state index in [1.165, 1.54) is 6.26 Å². The maximum absolute atomic E-state index is 13.8. The fourth-order valence-corrected chi connectivity index (χ4v) is 4.62. The van der Waals surface area contributed by atoms with Crippen molar-refractivity contribution in [3.05, 3.63) is 46.9 Å². The van der Waals surface area contributed by atoms with Crippen molar-refractivity contribution in [3.8, 4) is 0 Å². The van der Waals surface area contributed by atoms with Gasteiger partial charge in [0.15, 0.2) is 5.03 Å². The van der Waals surface area contributed by atoms with E-state index < -0.39 is 45.7 Å². The van der Waals surface area contributed by atoms with Gasteiger partial charge in [-0.1, -0.05) is 0 Å². The van der Waals surface area contributed by atoms with Crippen LogP contribution in [0.1, 0.15) is 48.9 Å². The molecule has 2 atom stereocenters. The van der Waals surface area contributed by atoms with Gasteiger partial charge in [0.25, 0.3) is 0 Å². The van der Waals surface area contributed by atoms with Gasteiger partial charge in [-0.05, 0) is 50.3 Å². The first kappa shape index (κ1) is 22.7. The number of nitrogens with one attached hydrogen (secondary N) is 2. The minimum Gasteiger partial charge on any atom is -0.362 e. The van der Waals surface area contributed by atoms with E-state index in [-0.39, 0.29) is 42.1 Å². The Morgan fingerprint density at radius 1 is 1.17 bits per heavy atom.